The maximum Gasteiger partial charge on any atom is 0.342 e. The van der Waals surface area contributed by atoms with Gasteiger partial charge >= 0.3 is 5.97 Å². The first kappa shape index (κ1) is 15.6. The van der Waals surface area contributed by atoms with Gasteiger partial charge in [0, 0.05) is 0 Å². The Morgan fingerprint density at radius 2 is 1.84 bits per heavy atom. The molecule has 0 spiro atoms. The number of carbonyl (C=O) groups excluding carboxylic acids is 1. The molecule has 4 heteroatoms. The van der Waals surface area contributed by atoms with Gasteiger partial charge in [-0.05, 0) is 23.5 Å². The molecule has 1 rings (SSSR count). The van der Waals surface area contributed by atoms with Crippen LogP contribution in [0, 0.1) is 0 Å². The Hall–Kier alpha value is -1.42. The summed E-state index contributed by atoms with van der Waals surface area (Å²) in [6.45, 7) is 8.07. The lowest BCUT2D eigenvalue weighted by molar-refractivity contribution is -0.149. The summed E-state index contributed by atoms with van der Waals surface area (Å²) in [4.78, 5) is 11.3. The molecular weight excluding hydrogens is 245 g/mol. The molecule has 0 fully saturated rings. The number of hydrogen-bond donors (Lipinski definition) is 1. The maximum absolute atomic E-state index is 13.8. The molecule has 0 aliphatic heterocycles. The lowest BCUT2D eigenvalue weighted by atomic mass is 9.86. The first-order chi connectivity index (χ1) is 8.77. The van der Waals surface area contributed by atoms with Crippen molar-refractivity contribution in [3.05, 3.63) is 35.4 Å². The quantitative estimate of drug-likeness (QED) is 0.853. The molecule has 0 amide bonds. The molecule has 1 unspecified atom stereocenters. The van der Waals surface area contributed by atoms with Crippen molar-refractivity contribution >= 4 is 5.97 Å². The Morgan fingerprint density at radius 1 is 1.32 bits per heavy atom. The molecule has 0 saturated carbocycles. The number of rotatable bonds is 4. The van der Waals surface area contributed by atoms with Crippen LogP contribution in [-0.2, 0) is 14.9 Å². The number of nitrogens with two attached hydrogens (primary N) is 1. The summed E-state index contributed by atoms with van der Waals surface area (Å²) in [5.74, 6) is -0.908. The van der Waals surface area contributed by atoms with E-state index in [0.29, 0.717) is 5.56 Å². The molecule has 0 radical (unpaired) electrons. The number of carbonyl (C=O) groups is 1. The highest BCUT2D eigenvalue weighted by atomic mass is 19.1. The second kappa shape index (κ2) is 6.15. The molecule has 0 heterocycles. The van der Waals surface area contributed by atoms with E-state index >= 15 is 0 Å². The Morgan fingerprint density at radius 3 is 2.26 bits per heavy atom. The van der Waals surface area contributed by atoms with E-state index in [1.165, 1.54) is 0 Å². The Kier molecular flexibility index (Phi) is 5.06. The maximum atomic E-state index is 13.8. The van der Waals surface area contributed by atoms with Crippen molar-refractivity contribution in [2.45, 2.75) is 45.3 Å². The number of esters is 1. The van der Waals surface area contributed by atoms with Crippen LogP contribution in [0.4, 0.5) is 4.39 Å². The minimum absolute atomic E-state index is 0.0267. The molecule has 1 aromatic carbocycles. The fourth-order valence-electron chi connectivity index (χ4n) is 1.74. The smallest absolute Gasteiger partial charge is 0.342 e. The van der Waals surface area contributed by atoms with Gasteiger partial charge in [-0.15, -0.1) is 0 Å². The molecule has 2 atom stereocenters. The zero-order chi connectivity index (χ0) is 14.6. The van der Waals surface area contributed by atoms with Gasteiger partial charge in [0.15, 0.2) is 0 Å². The van der Waals surface area contributed by atoms with Crippen LogP contribution in [0.5, 0.6) is 0 Å². The highest BCUT2D eigenvalue weighted by molar-refractivity contribution is 5.75. The molecule has 2 N–H and O–H groups in total. The van der Waals surface area contributed by atoms with Gasteiger partial charge in [0.25, 0.3) is 0 Å². The zero-order valence-electron chi connectivity index (χ0n) is 11.9. The van der Waals surface area contributed by atoms with Gasteiger partial charge in [-0.2, -0.15) is 0 Å². The Labute approximate surface area is 113 Å². The van der Waals surface area contributed by atoms with E-state index in [1.54, 1.807) is 19.1 Å². The van der Waals surface area contributed by atoms with Gasteiger partial charge in [-0.1, -0.05) is 45.0 Å². The SMILES string of the molecule is CCOC(=O)C(F)[C@H](N)c1ccc(C(C)(C)C)cc1. The summed E-state index contributed by atoms with van der Waals surface area (Å²) in [6.07, 6.45) is -1.83. The Bertz CT molecular complexity index is 423. The predicted octanol–water partition coefficient (Wildman–Crippen LogP) is 2.89. The van der Waals surface area contributed by atoms with Crippen LogP contribution < -0.4 is 5.73 Å². The third kappa shape index (κ3) is 4.03. The van der Waals surface area contributed by atoms with E-state index < -0.39 is 18.2 Å². The fraction of sp³-hybridized carbons (Fsp3) is 0.533. The molecule has 0 aliphatic carbocycles. The topological polar surface area (TPSA) is 52.3 Å². The molecule has 0 saturated heterocycles. The van der Waals surface area contributed by atoms with Gasteiger partial charge < -0.3 is 10.5 Å². The van der Waals surface area contributed by atoms with Gasteiger partial charge in [0.1, 0.15) is 0 Å². The van der Waals surface area contributed by atoms with Crippen LogP contribution in [0.25, 0.3) is 0 Å². The molecule has 1 aromatic rings. The largest absolute Gasteiger partial charge is 0.464 e. The first-order valence-electron chi connectivity index (χ1n) is 6.44. The summed E-state index contributed by atoms with van der Waals surface area (Å²) < 4.78 is 18.4. The number of hydrogen-bond acceptors (Lipinski definition) is 3. The first-order valence-corrected chi connectivity index (χ1v) is 6.44. The van der Waals surface area contributed by atoms with Gasteiger partial charge in [-0.25, -0.2) is 9.18 Å². The number of halogens is 1. The van der Waals surface area contributed by atoms with Crippen molar-refractivity contribution in [1.82, 2.24) is 0 Å². The minimum Gasteiger partial charge on any atom is -0.464 e. The molecule has 106 valence electrons. The lowest BCUT2D eigenvalue weighted by Crippen LogP contribution is -2.31. The van der Waals surface area contributed by atoms with Gasteiger partial charge in [0.2, 0.25) is 6.17 Å². The Balaban J connectivity index is 2.83. The second-order valence-electron chi connectivity index (χ2n) is 5.55. The van der Waals surface area contributed by atoms with E-state index in [1.807, 2.05) is 12.1 Å². The summed E-state index contributed by atoms with van der Waals surface area (Å²) in [5, 5.41) is 0. The van der Waals surface area contributed by atoms with Crippen molar-refractivity contribution in [3.63, 3.8) is 0 Å². The third-order valence-corrected chi connectivity index (χ3v) is 2.99. The van der Waals surface area contributed by atoms with Crippen LogP contribution in [0.2, 0.25) is 0 Å². The highest BCUT2D eigenvalue weighted by Gasteiger charge is 2.27. The monoisotopic (exact) mass is 267 g/mol. The van der Waals surface area contributed by atoms with Crippen molar-refractivity contribution in [2.75, 3.05) is 6.61 Å². The van der Waals surface area contributed by atoms with Crippen molar-refractivity contribution < 1.29 is 13.9 Å². The molecular formula is C15H22FNO2. The summed E-state index contributed by atoms with van der Waals surface area (Å²) in [7, 11) is 0. The lowest BCUT2D eigenvalue weighted by Gasteiger charge is -2.21. The van der Waals surface area contributed by atoms with Crippen LogP contribution in [-0.4, -0.2) is 18.7 Å². The van der Waals surface area contributed by atoms with Gasteiger partial charge in [0.05, 0.1) is 12.6 Å². The van der Waals surface area contributed by atoms with E-state index in [9.17, 15) is 9.18 Å². The van der Waals surface area contributed by atoms with E-state index in [0.717, 1.165) is 5.56 Å². The predicted molar refractivity (Wildman–Crippen MR) is 73.6 cm³/mol. The van der Waals surface area contributed by atoms with E-state index in [2.05, 4.69) is 25.5 Å². The normalized spacial score (nSPS) is 14.8. The second-order valence-corrected chi connectivity index (χ2v) is 5.55. The van der Waals surface area contributed by atoms with Crippen molar-refractivity contribution in [1.29, 1.82) is 0 Å². The van der Waals surface area contributed by atoms with Crippen molar-refractivity contribution in [2.24, 2.45) is 5.73 Å². The summed E-state index contributed by atoms with van der Waals surface area (Å²) in [6, 6.07) is 6.35. The van der Waals surface area contributed by atoms with Crippen LogP contribution in [0.3, 0.4) is 0 Å². The van der Waals surface area contributed by atoms with Gasteiger partial charge in [-0.3, -0.25) is 0 Å². The molecule has 19 heavy (non-hydrogen) atoms. The number of alkyl halides is 1. The number of ether oxygens (including phenoxy) is 1. The molecule has 0 bridgehead atoms. The molecule has 0 aliphatic rings. The van der Waals surface area contributed by atoms with E-state index in [-0.39, 0.29) is 12.0 Å². The average Bonchev–Trinajstić information content (AvgIpc) is 2.36. The zero-order valence-corrected chi connectivity index (χ0v) is 11.9. The fourth-order valence-corrected chi connectivity index (χ4v) is 1.74. The van der Waals surface area contributed by atoms with Crippen LogP contribution >= 0.6 is 0 Å². The molecule has 3 nitrogen and oxygen atoms in total. The van der Waals surface area contributed by atoms with E-state index in [4.69, 9.17) is 5.73 Å². The standard InChI is InChI=1S/C15H22FNO2/c1-5-19-14(18)12(16)13(17)10-6-8-11(9-7-10)15(2,3)4/h6-9,12-13H,5,17H2,1-4H3/t12?,13-/m1/s1. The van der Waals surface area contributed by atoms with Crippen molar-refractivity contribution in [3.8, 4) is 0 Å². The third-order valence-electron chi connectivity index (χ3n) is 2.99. The number of benzene rings is 1. The average molecular weight is 267 g/mol. The summed E-state index contributed by atoms with van der Waals surface area (Å²) >= 11 is 0. The molecule has 0 aromatic heterocycles. The minimum atomic E-state index is -1.83. The van der Waals surface area contributed by atoms with Crippen LogP contribution in [0.1, 0.15) is 44.9 Å². The summed E-state index contributed by atoms with van der Waals surface area (Å²) in [5.41, 5.74) is 7.51. The highest BCUT2D eigenvalue weighted by Crippen LogP contribution is 2.25. The van der Waals surface area contributed by atoms with Crippen LogP contribution in [0.15, 0.2) is 24.3 Å².